The van der Waals surface area contributed by atoms with Gasteiger partial charge in [-0.25, -0.2) is 4.98 Å². The van der Waals surface area contributed by atoms with Crippen LogP contribution in [0.3, 0.4) is 0 Å². The Balaban J connectivity index is 2.95. The van der Waals surface area contributed by atoms with Crippen LogP contribution < -0.4 is 0 Å². The Kier molecular flexibility index (Phi) is 4.03. The molecule has 1 unspecified atom stereocenters. The molecule has 1 atom stereocenters. The smallest absolute Gasteiger partial charge is 0.175 e. The van der Waals surface area contributed by atoms with E-state index < -0.39 is 6.23 Å². The second-order valence-electron chi connectivity index (χ2n) is 2.47. The molecular formula is C7H9Cl2N3O2. The SMILES string of the molecule is CON(C)C(O)c1ncc(Cl)nc1Cl. The van der Waals surface area contributed by atoms with E-state index in [2.05, 4.69) is 9.97 Å². The van der Waals surface area contributed by atoms with Gasteiger partial charge in [-0.3, -0.25) is 9.82 Å². The van der Waals surface area contributed by atoms with Gasteiger partial charge in [0.2, 0.25) is 0 Å². The molecule has 78 valence electrons. The van der Waals surface area contributed by atoms with Gasteiger partial charge in [0.25, 0.3) is 0 Å². The first-order valence-electron chi connectivity index (χ1n) is 3.69. The van der Waals surface area contributed by atoms with Crippen LogP contribution in [0.15, 0.2) is 6.20 Å². The third-order valence-electron chi connectivity index (χ3n) is 1.60. The van der Waals surface area contributed by atoms with Gasteiger partial charge < -0.3 is 5.11 Å². The number of aliphatic hydroxyl groups is 1. The van der Waals surface area contributed by atoms with Gasteiger partial charge in [0.05, 0.1) is 13.3 Å². The fourth-order valence-corrected chi connectivity index (χ4v) is 1.22. The van der Waals surface area contributed by atoms with Crippen LogP contribution in [0.25, 0.3) is 0 Å². The van der Waals surface area contributed by atoms with Crippen molar-refractivity contribution in [3.8, 4) is 0 Å². The molecule has 1 N–H and O–H groups in total. The van der Waals surface area contributed by atoms with E-state index in [4.69, 9.17) is 28.0 Å². The molecular weight excluding hydrogens is 229 g/mol. The molecule has 0 fully saturated rings. The molecule has 1 rings (SSSR count). The topological polar surface area (TPSA) is 58.5 Å². The molecule has 0 aromatic carbocycles. The van der Waals surface area contributed by atoms with Gasteiger partial charge in [0, 0.05) is 7.05 Å². The van der Waals surface area contributed by atoms with E-state index in [1.807, 2.05) is 0 Å². The molecule has 0 aliphatic carbocycles. The number of nitrogens with zero attached hydrogens (tertiary/aromatic N) is 3. The zero-order valence-electron chi connectivity index (χ0n) is 7.61. The lowest BCUT2D eigenvalue weighted by atomic mass is 10.4. The molecule has 0 saturated heterocycles. The van der Waals surface area contributed by atoms with Gasteiger partial charge in [0.15, 0.2) is 11.4 Å². The number of aromatic nitrogens is 2. The number of hydrogen-bond donors (Lipinski definition) is 1. The van der Waals surface area contributed by atoms with Crippen LogP contribution in [-0.2, 0) is 4.84 Å². The molecule has 0 radical (unpaired) electrons. The molecule has 0 aliphatic rings. The third kappa shape index (κ3) is 2.52. The molecule has 0 aliphatic heterocycles. The van der Waals surface area contributed by atoms with E-state index in [9.17, 15) is 5.11 Å². The number of halogens is 2. The van der Waals surface area contributed by atoms with E-state index in [1.165, 1.54) is 25.4 Å². The van der Waals surface area contributed by atoms with Gasteiger partial charge >= 0.3 is 0 Å². The summed E-state index contributed by atoms with van der Waals surface area (Å²) in [5, 5.41) is 11.0. The van der Waals surface area contributed by atoms with Crippen LogP contribution in [0.4, 0.5) is 0 Å². The number of hydroxylamine groups is 2. The first-order chi connectivity index (χ1) is 6.56. The van der Waals surface area contributed by atoms with Crippen molar-refractivity contribution < 1.29 is 9.94 Å². The lowest BCUT2D eigenvalue weighted by Crippen LogP contribution is -2.24. The monoisotopic (exact) mass is 237 g/mol. The minimum Gasteiger partial charge on any atom is -0.371 e. The summed E-state index contributed by atoms with van der Waals surface area (Å²) < 4.78 is 0. The summed E-state index contributed by atoms with van der Waals surface area (Å²) in [7, 11) is 2.96. The lowest BCUT2D eigenvalue weighted by Gasteiger charge is -2.20. The highest BCUT2D eigenvalue weighted by Gasteiger charge is 2.19. The maximum Gasteiger partial charge on any atom is 0.175 e. The van der Waals surface area contributed by atoms with Gasteiger partial charge in [-0.1, -0.05) is 23.2 Å². The first kappa shape index (κ1) is 11.6. The van der Waals surface area contributed by atoms with E-state index >= 15 is 0 Å². The van der Waals surface area contributed by atoms with Crippen LogP contribution in [0, 0.1) is 0 Å². The molecule has 7 heteroatoms. The second kappa shape index (κ2) is 4.86. The predicted molar refractivity (Wildman–Crippen MR) is 51.8 cm³/mol. The fourth-order valence-electron chi connectivity index (χ4n) is 0.801. The highest BCUT2D eigenvalue weighted by molar-refractivity contribution is 6.32. The molecule has 14 heavy (non-hydrogen) atoms. The molecule has 0 spiro atoms. The Labute approximate surface area is 91.2 Å². The summed E-state index contributed by atoms with van der Waals surface area (Å²) in [5.41, 5.74) is 0.195. The highest BCUT2D eigenvalue weighted by atomic mass is 35.5. The molecule has 1 aromatic heterocycles. The standard InChI is InChI=1S/C7H9Cl2N3O2/c1-12(14-2)7(13)5-6(9)11-4(8)3-10-5/h3,7,13H,1-2H3. The van der Waals surface area contributed by atoms with Crippen LogP contribution in [0.2, 0.25) is 10.3 Å². The van der Waals surface area contributed by atoms with Crippen molar-refractivity contribution in [2.75, 3.05) is 14.2 Å². The van der Waals surface area contributed by atoms with Crippen molar-refractivity contribution in [2.24, 2.45) is 0 Å². The Bertz CT molecular complexity index is 324. The quantitative estimate of drug-likeness (QED) is 0.634. The maximum absolute atomic E-state index is 9.63. The predicted octanol–water partition coefficient (Wildman–Crippen LogP) is 1.27. The first-order valence-corrected chi connectivity index (χ1v) is 4.44. The van der Waals surface area contributed by atoms with Crippen molar-refractivity contribution in [3.05, 3.63) is 22.2 Å². The van der Waals surface area contributed by atoms with Crippen LogP contribution in [-0.4, -0.2) is 34.3 Å². The second-order valence-corrected chi connectivity index (χ2v) is 3.22. The third-order valence-corrected chi connectivity index (χ3v) is 2.06. The van der Waals surface area contributed by atoms with Crippen molar-refractivity contribution >= 4 is 23.2 Å². The number of aliphatic hydroxyl groups excluding tert-OH is 1. The minimum absolute atomic E-state index is 0.0499. The molecule has 0 bridgehead atoms. The van der Waals surface area contributed by atoms with Crippen molar-refractivity contribution in [3.63, 3.8) is 0 Å². The zero-order valence-corrected chi connectivity index (χ0v) is 9.12. The van der Waals surface area contributed by atoms with E-state index in [1.54, 1.807) is 0 Å². The van der Waals surface area contributed by atoms with Crippen LogP contribution in [0.5, 0.6) is 0 Å². The van der Waals surface area contributed by atoms with Gasteiger partial charge in [-0.15, -0.1) is 0 Å². The molecule has 0 saturated carbocycles. The summed E-state index contributed by atoms with van der Waals surface area (Å²) >= 11 is 11.3. The summed E-state index contributed by atoms with van der Waals surface area (Å²) in [6.07, 6.45) is 0.229. The average molecular weight is 238 g/mol. The van der Waals surface area contributed by atoms with E-state index in [0.29, 0.717) is 0 Å². The van der Waals surface area contributed by atoms with Gasteiger partial charge in [-0.05, 0) is 0 Å². The minimum atomic E-state index is -1.07. The van der Waals surface area contributed by atoms with Gasteiger partial charge in [0.1, 0.15) is 10.8 Å². The van der Waals surface area contributed by atoms with E-state index in [0.717, 1.165) is 0 Å². The molecule has 1 heterocycles. The summed E-state index contributed by atoms with van der Waals surface area (Å²) in [4.78, 5) is 12.4. The molecule has 5 nitrogen and oxygen atoms in total. The van der Waals surface area contributed by atoms with Gasteiger partial charge in [-0.2, -0.15) is 5.06 Å². The largest absolute Gasteiger partial charge is 0.371 e. The van der Waals surface area contributed by atoms with Crippen molar-refractivity contribution in [1.82, 2.24) is 15.0 Å². The summed E-state index contributed by atoms with van der Waals surface area (Å²) in [6, 6.07) is 0. The lowest BCUT2D eigenvalue weighted by molar-refractivity contribution is -0.207. The normalized spacial score (nSPS) is 13.3. The van der Waals surface area contributed by atoms with Crippen molar-refractivity contribution in [1.29, 1.82) is 0 Å². The van der Waals surface area contributed by atoms with Crippen LogP contribution >= 0.6 is 23.2 Å². The van der Waals surface area contributed by atoms with Crippen molar-refractivity contribution in [2.45, 2.75) is 6.23 Å². The molecule has 0 amide bonds. The van der Waals surface area contributed by atoms with E-state index in [-0.39, 0.29) is 16.0 Å². The fraction of sp³-hybridized carbons (Fsp3) is 0.429. The Hall–Kier alpha value is -0.460. The highest BCUT2D eigenvalue weighted by Crippen LogP contribution is 2.22. The Morgan fingerprint density at radius 2 is 2.21 bits per heavy atom. The van der Waals surface area contributed by atoms with Crippen LogP contribution in [0.1, 0.15) is 11.9 Å². The summed E-state index contributed by atoms with van der Waals surface area (Å²) in [6.45, 7) is 0. The number of hydrogen-bond acceptors (Lipinski definition) is 5. The number of rotatable bonds is 3. The zero-order chi connectivity index (χ0) is 10.7. The Morgan fingerprint density at radius 1 is 1.57 bits per heavy atom. The molecule has 1 aromatic rings. The maximum atomic E-state index is 9.63. The average Bonchev–Trinajstić information content (AvgIpc) is 2.15. The summed E-state index contributed by atoms with van der Waals surface area (Å²) in [5.74, 6) is 0. The Morgan fingerprint density at radius 3 is 2.71 bits per heavy atom.